The van der Waals surface area contributed by atoms with Crippen molar-refractivity contribution in [1.29, 1.82) is 0 Å². The van der Waals surface area contributed by atoms with Crippen LogP contribution in [0.1, 0.15) is 39.0 Å². The minimum Gasteiger partial charge on any atom is -0.354 e. The van der Waals surface area contributed by atoms with Gasteiger partial charge in [-0.05, 0) is 31.6 Å². The molecule has 5 nitrogen and oxygen atoms in total. The van der Waals surface area contributed by atoms with Gasteiger partial charge in [0.15, 0.2) is 0 Å². The number of rotatable bonds is 2. The van der Waals surface area contributed by atoms with E-state index in [0.29, 0.717) is 38.5 Å². The first-order chi connectivity index (χ1) is 9.07. The van der Waals surface area contributed by atoms with E-state index in [2.05, 4.69) is 12.2 Å². The van der Waals surface area contributed by atoms with Crippen molar-refractivity contribution in [3.8, 4) is 0 Å². The molecule has 1 aliphatic heterocycles. The van der Waals surface area contributed by atoms with Gasteiger partial charge >= 0.3 is 0 Å². The number of nitrogens with one attached hydrogen (secondary N) is 1. The van der Waals surface area contributed by atoms with Crippen LogP contribution in [0.2, 0.25) is 0 Å². The van der Waals surface area contributed by atoms with Crippen molar-refractivity contribution in [2.45, 2.75) is 39.0 Å². The van der Waals surface area contributed by atoms with E-state index in [4.69, 9.17) is 5.73 Å². The first-order valence-electron chi connectivity index (χ1n) is 7.33. The molecule has 1 saturated heterocycles. The molecule has 1 saturated carbocycles. The van der Waals surface area contributed by atoms with Gasteiger partial charge in [0.05, 0.1) is 5.41 Å². The molecular formula is C14H25N3O2. The molecule has 19 heavy (non-hydrogen) atoms. The lowest BCUT2D eigenvalue weighted by Gasteiger charge is -2.40. The van der Waals surface area contributed by atoms with Crippen LogP contribution in [0.4, 0.5) is 0 Å². The summed E-state index contributed by atoms with van der Waals surface area (Å²) >= 11 is 0. The molecule has 5 heteroatoms. The molecule has 0 spiro atoms. The summed E-state index contributed by atoms with van der Waals surface area (Å²) in [6, 6.07) is 0. The highest BCUT2D eigenvalue weighted by atomic mass is 16.2. The molecule has 0 unspecified atom stereocenters. The summed E-state index contributed by atoms with van der Waals surface area (Å²) in [7, 11) is 0. The summed E-state index contributed by atoms with van der Waals surface area (Å²) < 4.78 is 0. The number of hydrogen-bond acceptors (Lipinski definition) is 3. The molecule has 0 bridgehead atoms. The fraction of sp³-hybridized carbons (Fsp3) is 0.857. The summed E-state index contributed by atoms with van der Waals surface area (Å²) in [6.45, 7) is 4.36. The van der Waals surface area contributed by atoms with Gasteiger partial charge in [-0.1, -0.05) is 6.92 Å². The second-order valence-electron chi connectivity index (χ2n) is 6.06. The van der Waals surface area contributed by atoms with Crippen molar-refractivity contribution in [3.05, 3.63) is 0 Å². The van der Waals surface area contributed by atoms with Crippen LogP contribution in [0.15, 0.2) is 0 Å². The molecule has 2 rings (SSSR count). The molecule has 2 amide bonds. The average Bonchev–Trinajstić information content (AvgIpc) is 2.64. The summed E-state index contributed by atoms with van der Waals surface area (Å²) in [6.07, 6.45) is 4.34. The van der Waals surface area contributed by atoms with Gasteiger partial charge in [-0.3, -0.25) is 9.59 Å². The van der Waals surface area contributed by atoms with E-state index in [1.165, 1.54) is 0 Å². The number of hydrogen-bond donors (Lipinski definition) is 2. The predicted molar refractivity (Wildman–Crippen MR) is 73.3 cm³/mol. The van der Waals surface area contributed by atoms with Crippen LogP contribution in [-0.4, -0.2) is 42.9 Å². The molecule has 0 aromatic heterocycles. The fourth-order valence-electron chi connectivity index (χ4n) is 3.13. The third-order valence-electron chi connectivity index (χ3n) is 4.68. The molecule has 0 aromatic rings. The lowest BCUT2D eigenvalue weighted by molar-refractivity contribution is -0.144. The first-order valence-corrected chi connectivity index (χ1v) is 7.33. The number of carbonyl (C=O) groups is 2. The van der Waals surface area contributed by atoms with Gasteiger partial charge in [0.25, 0.3) is 0 Å². The second-order valence-corrected chi connectivity index (χ2v) is 6.06. The third kappa shape index (κ3) is 3.08. The predicted octanol–water partition coefficient (Wildman–Crippen LogP) is 0.490. The van der Waals surface area contributed by atoms with E-state index in [0.717, 1.165) is 25.7 Å². The van der Waals surface area contributed by atoms with Gasteiger partial charge in [0.1, 0.15) is 0 Å². The quantitative estimate of drug-likeness (QED) is 0.764. The standard InChI is InChI=1S/C14H25N3O2/c1-11-2-5-14(10-15,6-3-11)13(19)17-8-4-12(18)16-7-9-17/h11H,2-10,15H2,1H3,(H,16,18). The molecule has 108 valence electrons. The Balaban J connectivity index is 2.05. The van der Waals surface area contributed by atoms with Gasteiger partial charge in [-0.2, -0.15) is 0 Å². The van der Waals surface area contributed by atoms with E-state index in [9.17, 15) is 9.59 Å². The Hall–Kier alpha value is -1.10. The number of amides is 2. The highest BCUT2D eigenvalue weighted by Gasteiger charge is 2.42. The van der Waals surface area contributed by atoms with Crippen LogP contribution >= 0.6 is 0 Å². The molecule has 0 radical (unpaired) electrons. The SMILES string of the molecule is CC1CCC(CN)(C(=O)N2CCNC(=O)CC2)CC1. The molecule has 0 atom stereocenters. The van der Waals surface area contributed by atoms with Gasteiger partial charge in [-0.15, -0.1) is 0 Å². The zero-order chi connectivity index (χ0) is 13.9. The Bertz CT molecular complexity index is 349. The summed E-state index contributed by atoms with van der Waals surface area (Å²) in [5.74, 6) is 0.896. The van der Waals surface area contributed by atoms with Gasteiger partial charge < -0.3 is 16.0 Å². The van der Waals surface area contributed by atoms with E-state index in [-0.39, 0.29) is 17.2 Å². The Morgan fingerprint density at radius 3 is 2.74 bits per heavy atom. The van der Waals surface area contributed by atoms with Crippen molar-refractivity contribution < 1.29 is 9.59 Å². The van der Waals surface area contributed by atoms with Crippen molar-refractivity contribution in [2.24, 2.45) is 17.1 Å². The average molecular weight is 267 g/mol. The Kier molecular flexibility index (Phi) is 4.45. The monoisotopic (exact) mass is 267 g/mol. The summed E-state index contributed by atoms with van der Waals surface area (Å²) in [5, 5.41) is 2.81. The molecular weight excluding hydrogens is 242 g/mol. The van der Waals surface area contributed by atoms with Crippen LogP contribution in [0.3, 0.4) is 0 Å². The lowest BCUT2D eigenvalue weighted by Crippen LogP contribution is -2.50. The topological polar surface area (TPSA) is 75.4 Å². The van der Waals surface area contributed by atoms with Gasteiger partial charge in [0, 0.05) is 32.6 Å². The van der Waals surface area contributed by atoms with Crippen molar-refractivity contribution in [1.82, 2.24) is 10.2 Å². The Labute approximate surface area is 114 Å². The summed E-state index contributed by atoms with van der Waals surface area (Å²) in [4.78, 5) is 26.0. The number of carbonyl (C=O) groups excluding carboxylic acids is 2. The zero-order valence-corrected chi connectivity index (χ0v) is 11.8. The smallest absolute Gasteiger partial charge is 0.230 e. The van der Waals surface area contributed by atoms with Crippen LogP contribution in [0, 0.1) is 11.3 Å². The van der Waals surface area contributed by atoms with Crippen molar-refractivity contribution in [3.63, 3.8) is 0 Å². The number of nitrogens with two attached hydrogens (primary N) is 1. The van der Waals surface area contributed by atoms with Crippen LogP contribution in [0.25, 0.3) is 0 Å². The molecule has 2 aliphatic rings. The maximum atomic E-state index is 12.8. The van der Waals surface area contributed by atoms with E-state index in [1.807, 2.05) is 4.90 Å². The van der Waals surface area contributed by atoms with E-state index in [1.54, 1.807) is 0 Å². The highest BCUT2D eigenvalue weighted by molar-refractivity contribution is 5.84. The number of nitrogens with zero attached hydrogens (tertiary/aromatic N) is 1. The molecule has 2 fully saturated rings. The largest absolute Gasteiger partial charge is 0.354 e. The van der Waals surface area contributed by atoms with Crippen LogP contribution < -0.4 is 11.1 Å². The Morgan fingerprint density at radius 1 is 1.42 bits per heavy atom. The maximum Gasteiger partial charge on any atom is 0.230 e. The molecule has 1 heterocycles. The first kappa shape index (κ1) is 14.3. The molecule has 1 aliphatic carbocycles. The van der Waals surface area contributed by atoms with Gasteiger partial charge in [0.2, 0.25) is 11.8 Å². The Morgan fingerprint density at radius 2 is 2.11 bits per heavy atom. The highest BCUT2D eigenvalue weighted by Crippen LogP contribution is 2.39. The third-order valence-corrected chi connectivity index (χ3v) is 4.68. The lowest BCUT2D eigenvalue weighted by atomic mass is 9.70. The van der Waals surface area contributed by atoms with E-state index >= 15 is 0 Å². The van der Waals surface area contributed by atoms with Crippen LogP contribution in [-0.2, 0) is 9.59 Å². The second kappa shape index (κ2) is 5.90. The molecule has 0 aromatic carbocycles. The van der Waals surface area contributed by atoms with Crippen LogP contribution in [0.5, 0.6) is 0 Å². The normalized spacial score (nSPS) is 32.6. The van der Waals surface area contributed by atoms with Crippen molar-refractivity contribution in [2.75, 3.05) is 26.2 Å². The summed E-state index contributed by atoms with van der Waals surface area (Å²) in [5.41, 5.74) is 5.55. The van der Waals surface area contributed by atoms with Gasteiger partial charge in [-0.25, -0.2) is 0 Å². The zero-order valence-electron chi connectivity index (χ0n) is 11.8. The van der Waals surface area contributed by atoms with Crippen molar-refractivity contribution >= 4 is 11.8 Å². The minimum absolute atomic E-state index is 0.0364. The van der Waals surface area contributed by atoms with E-state index < -0.39 is 0 Å². The minimum atomic E-state index is -0.375. The molecule has 3 N–H and O–H groups in total. The fourth-order valence-corrected chi connectivity index (χ4v) is 3.13. The maximum absolute atomic E-state index is 12.8.